The number of nitriles is 1. The van der Waals surface area contributed by atoms with Crippen LogP contribution in [-0.2, 0) is 18.0 Å². The highest BCUT2D eigenvalue weighted by Gasteiger charge is 2.34. The molecule has 4 rings (SSSR count). The fourth-order valence-corrected chi connectivity index (χ4v) is 3.98. The maximum absolute atomic E-state index is 12.8. The van der Waals surface area contributed by atoms with Gasteiger partial charge in [0.1, 0.15) is 35.2 Å². The standard InChI is InChI=1S/C23H22F3N5O3/c1-3-33-19-13-31(11-10-18(19)34-16-7-4-14(5-8-16)23(24,25)26)21-20-17(30(2)22(32)29-21)9-6-15(12-27)28-20/h4-9,18-19H,3,10-11,13H2,1-2H3/t18-,19+/m0/s1. The molecule has 0 spiro atoms. The first-order valence-corrected chi connectivity index (χ1v) is 10.7. The molecule has 3 heterocycles. The van der Waals surface area contributed by atoms with E-state index in [-0.39, 0.29) is 5.69 Å². The van der Waals surface area contributed by atoms with Crippen LogP contribution in [0.3, 0.4) is 0 Å². The summed E-state index contributed by atoms with van der Waals surface area (Å²) in [5, 5.41) is 9.26. The van der Waals surface area contributed by atoms with Crippen molar-refractivity contribution in [1.29, 1.82) is 5.26 Å². The second-order valence-electron chi connectivity index (χ2n) is 7.86. The third-order valence-corrected chi connectivity index (χ3v) is 5.70. The Morgan fingerprint density at radius 1 is 1.15 bits per heavy atom. The number of rotatable bonds is 5. The predicted octanol–water partition coefficient (Wildman–Crippen LogP) is 3.28. The van der Waals surface area contributed by atoms with E-state index in [4.69, 9.17) is 9.47 Å². The molecule has 8 nitrogen and oxygen atoms in total. The number of benzene rings is 1. The number of anilines is 1. The molecule has 0 saturated carbocycles. The van der Waals surface area contributed by atoms with Gasteiger partial charge >= 0.3 is 11.9 Å². The molecule has 1 saturated heterocycles. The van der Waals surface area contributed by atoms with Crippen LogP contribution >= 0.6 is 0 Å². The second-order valence-corrected chi connectivity index (χ2v) is 7.86. The summed E-state index contributed by atoms with van der Waals surface area (Å²) >= 11 is 0. The maximum atomic E-state index is 12.8. The number of alkyl halides is 3. The fraction of sp³-hybridized carbons (Fsp3) is 0.391. The molecule has 0 N–H and O–H groups in total. The third-order valence-electron chi connectivity index (χ3n) is 5.70. The van der Waals surface area contributed by atoms with Crippen molar-refractivity contribution in [3.63, 3.8) is 0 Å². The van der Waals surface area contributed by atoms with Gasteiger partial charge in [-0.25, -0.2) is 9.78 Å². The van der Waals surface area contributed by atoms with Crippen LogP contribution in [0.5, 0.6) is 5.75 Å². The molecule has 34 heavy (non-hydrogen) atoms. The van der Waals surface area contributed by atoms with E-state index in [9.17, 15) is 23.2 Å². The highest BCUT2D eigenvalue weighted by molar-refractivity contribution is 5.86. The zero-order chi connectivity index (χ0) is 24.5. The number of fused-ring (bicyclic) bond motifs is 1. The normalized spacial score (nSPS) is 18.6. The Labute approximate surface area is 193 Å². The van der Waals surface area contributed by atoms with Gasteiger partial charge in [-0.05, 0) is 43.3 Å². The Balaban J connectivity index is 1.60. The number of hydrogen-bond acceptors (Lipinski definition) is 7. The van der Waals surface area contributed by atoms with Gasteiger partial charge in [-0.1, -0.05) is 0 Å². The summed E-state index contributed by atoms with van der Waals surface area (Å²) < 4.78 is 51.7. The summed E-state index contributed by atoms with van der Waals surface area (Å²) in [7, 11) is 1.59. The van der Waals surface area contributed by atoms with Crippen LogP contribution in [0.1, 0.15) is 24.6 Å². The first kappa shape index (κ1) is 23.5. The summed E-state index contributed by atoms with van der Waals surface area (Å²) in [6.45, 7) is 3.00. The SMILES string of the molecule is CCO[C@@H]1CN(c2nc(=O)n(C)c3ccc(C#N)nc23)CC[C@@H]1Oc1ccc(C(F)(F)F)cc1. The molecule has 2 atom stereocenters. The van der Waals surface area contributed by atoms with E-state index in [1.54, 1.807) is 19.2 Å². The number of aryl methyl sites for hydroxylation is 1. The molecule has 0 radical (unpaired) electrons. The van der Waals surface area contributed by atoms with Gasteiger partial charge < -0.3 is 14.4 Å². The molecule has 11 heteroatoms. The largest absolute Gasteiger partial charge is 0.488 e. The molecule has 3 aromatic rings. The van der Waals surface area contributed by atoms with E-state index in [2.05, 4.69) is 9.97 Å². The van der Waals surface area contributed by atoms with Crippen LogP contribution in [-0.4, -0.2) is 46.4 Å². The summed E-state index contributed by atoms with van der Waals surface area (Å²) in [6, 6.07) is 9.75. The van der Waals surface area contributed by atoms with Crippen molar-refractivity contribution in [1.82, 2.24) is 14.5 Å². The first-order valence-electron chi connectivity index (χ1n) is 10.7. The molecule has 1 aliphatic heterocycles. The number of nitrogens with zero attached hydrogens (tertiary/aromatic N) is 5. The molecule has 0 bridgehead atoms. The molecule has 1 aromatic carbocycles. The Kier molecular flexibility index (Phi) is 6.43. The van der Waals surface area contributed by atoms with E-state index in [0.717, 1.165) is 12.1 Å². The molecule has 178 valence electrons. The lowest BCUT2D eigenvalue weighted by atomic mass is 10.0. The van der Waals surface area contributed by atoms with Gasteiger partial charge in [-0.15, -0.1) is 0 Å². The number of aromatic nitrogens is 3. The number of pyridine rings is 1. The topological polar surface area (TPSA) is 93.3 Å². The Morgan fingerprint density at radius 2 is 1.88 bits per heavy atom. The summed E-state index contributed by atoms with van der Waals surface area (Å²) in [5.41, 5.74) is -0.0198. The first-order chi connectivity index (χ1) is 16.2. The second kappa shape index (κ2) is 9.30. The van der Waals surface area contributed by atoms with Crippen LogP contribution in [0.25, 0.3) is 11.0 Å². The molecular formula is C23H22F3N5O3. The number of ether oxygens (including phenoxy) is 2. The van der Waals surface area contributed by atoms with E-state index in [0.29, 0.717) is 48.7 Å². The van der Waals surface area contributed by atoms with E-state index < -0.39 is 29.6 Å². The lowest BCUT2D eigenvalue weighted by Gasteiger charge is -2.38. The number of hydrogen-bond donors (Lipinski definition) is 0. The molecule has 0 aliphatic carbocycles. The average Bonchev–Trinajstić information content (AvgIpc) is 2.82. The Hall–Kier alpha value is -3.65. The van der Waals surface area contributed by atoms with Crippen molar-refractivity contribution in [3.8, 4) is 11.8 Å². The van der Waals surface area contributed by atoms with Gasteiger partial charge in [0.15, 0.2) is 5.82 Å². The quantitative estimate of drug-likeness (QED) is 0.561. The molecule has 2 aromatic heterocycles. The fourth-order valence-electron chi connectivity index (χ4n) is 3.98. The lowest BCUT2D eigenvalue weighted by molar-refractivity contribution is -0.137. The van der Waals surface area contributed by atoms with Gasteiger partial charge in [0.05, 0.1) is 11.1 Å². The molecular weight excluding hydrogens is 451 g/mol. The highest BCUT2D eigenvalue weighted by atomic mass is 19.4. The number of piperidine rings is 1. The summed E-state index contributed by atoms with van der Waals surface area (Å²) in [4.78, 5) is 22.9. The van der Waals surface area contributed by atoms with Crippen molar-refractivity contribution >= 4 is 16.9 Å². The van der Waals surface area contributed by atoms with Crippen molar-refractivity contribution in [2.45, 2.75) is 31.7 Å². The van der Waals surface area contributed by atoms with Crippen LogP contribution in [0.2, 0.25) is 0 Å². The zero-order valence-electron chi connectivity index (χ0n) is 18.5. The van der Waals surface area contributed by atoms with Gasteiger partial charge in [-0.3, -0.25) is 4.57 Å². The van der Waals surface area contributed by atoms with Crippen molar-refractivity contribution in [3.05, 3.63) is 58.1 Å². The minimum Gasteiger partial charge on any atom is -0.488 e. The van der Waals surface area contributed by atoms with Gasteiger partial charge in [0.2, 0.25) is 0 Å². The van der Waals surface area contributed by atoms with Crippen LogP contribution in [0, 0.1) is 11.3 Å². The van der Waals surface area contributed by atoms with E-state index in [1.165, 1.54) is 16.7 Å². The number of halogens is 3. The van der Waals surface area contributed by atoms with E-state index >= 15 is 0 Å². The van der Waals surface area contributed by atoms with E-state index in [1.807, 2.05) is 17.9 Å². The molecule has 0 amide bonds. The molecule has 1 aliphatic rings. The van der Waals surface area contributed by atoms with Crippen molar-refractivity contribution in [2.75, 3.05) is 24.6 Å². The zero-order valence-corrected chi connectivity index (χ0v) is 18.5. The minimum atomic E-state index is -4.42. The highest BCUT2D eigenvalue weighted by Crippen LogP contribution is 2.32. The summed E-state index contributed by atoms with van der Waals surface area (Å²) in [5.74, 6) is 0.668. The van der Waals surface area contributed by atoms with Crippen LogP contribution < -0.4 is 15.3 Å². The Morgan fingerprint density at radius 3 is 2.53 bits per heavy atom. The lowest BCUT2D eigenvalue weighted by Crippen LogP contribution is -2.51. The van der Waals surface area contributed by atoms with Crippen LogP contribution in [0.15, 0.2) is 41.2 Å². The van der Waals surface area contributed by atoms with Crippen molar-refractivity contribution < 1.29 is 22.6 Å². The monoisotopic (exact) mass is 473 g/mol. The third kappa shape index (κ3) is 4.68. The predicted molar refractivity (Wildman–Crippen MR) is 118 cm³/mol. The van der Waals surface area contributed by atoms with Crippen LogP contribution in [0.4, 0.5) is 19.0 Å². The summed E-state index contributed by atoms with van der Waals surface area (Å²) in [6.07, 6.45) is -4.78. The molecule has 0 unspecified atom stereocenters. The maximum Gasteiger partial charge on any atom is 0.416 e. The van der Waals surface area contributed by atoms with Gasteiger partial charge in [0.25, 0.3) is 0 Å². The smallest absolute Gasteiger partial charge is 0.416 e. The average molecular weight is 473 g/mol. The molecule has 1 fully saturated rings. The van der Waals surface area contributed by atoms with Crippen molar-refractivity contribution in [2.24, 2.45) is 7.05 Å². The van der Waals surface area contributed by atoms with Gasteiger partial charge in [0, 0.05) is 33.2 Å². The van der Waals surface area contributed by atoms with Gasteiger partial charge in [-0.2, -0.15) is 23.4 Å². The minimum absolute atomic E-state index is 0.205. The Bertz CT molecular complexity index is 1280.